The molecule has 0 fully saturated rings. The average Bonchev–Trinajstić information content (AvgIpc) is 3.14. The van der Waals surface area contributed by atoms with Crippen molar-refractivity contribution in [3.05, 3.63) is 130 Å². The summed E-state index contributed by atoms with van der Waals surface area (Å²) in [6, 6.07) is 21.7. The van der Waals surface area contributed by atoms with Crippen LogP contribution in [-0.2, 0) is 6.42 Å². The van der Waals surface area contributed by atoms with E-state index in [-0.39, 0.29) is 11.6 Å². The SMILES string of the molecule is Cc1ccc(C=c2sc3n(c2=O)C(c2ccc(Cl)cc2Cl)C2=C(N=3)c3ccccc3CC2)cc1. The molecule has 34 heavy (non-hydrogen) atoms. The minimum absolute atomic E-state index is 0.0502. The van der Waals surface area contributed by atoms with Crippen LogP contribution in [0.2, 0.25) is 10.0 Å². The molecule has 0 amide bonds. The van der Waals surface area contributed by atoms with E-state index < -0.39 is 0 Å². The molecule has 0 spiro atoms. The predicted octanol–water partition coefficient (Wildman–Crippen LogP) is 5.93. The molecule has 1 unspecified atom stereocenters. The van der Waals surface area contributed by atoms with Crippen LogP contribution in [0.4, 0.5) is 0 Å². The summed E-state index contributed by atoms with van der Waals surface area (Å²) in [5.74, 6) is 0. The molecule has 2 aliphatic rings. The first-order valence-corrected chi connectivity index (χ1v) is 12.7. The van der Waals surface area contributed by atoms with E-state index in [1.54, 1.807) is 6.07 Å². The molecular formula is C28H20Cl2N2OS. The van der Waals surface area contributed by atoms with Gasteiger partial charge in [-0.2, -0.15) is 0 Å². The van der Waals surface area contributed by atoms with Gasteiger partial charge in [-0.3, -0.25) is 9.36 Å². The van der Waals surface area contributed by atoms with E-state index in [2.05, 4.69) is 37.3 Å². The molecule has 0 N–H and O–H groups in total. The third kappa shape index (κ3) is 3.58. The highest BCUT2D eigenvalue weighted by atomic mass is 35.5. The number of aryl methyl sites for hydroxylation is 2. The molecule has 0 saturated heterocycles. The number of nitrogens with zero attached hydrogens (tertiary/aromatic N) is 2. The molecule has 0 bridgehead atoms. The highest BCUT2D eigenvalue weighted by Gasteiger charge is 2.33. The van der Waals surface area contributed by atoms with Gasteiger partial charge in [0.05, 0.1) is 16.3 Å². The Labute approximate surface area is 210 Å². The second kappa shape index (κ2) is 8.38. The number of allylic oxidation sites excluding steroid dienone is 1. The lowest BCUT2D eigenvalue weighted by molar-refractivity contribution is 0.585. The highest BCUT2D eigenvalue weighted by Crippen LogP contribution is 2.43. The van der Waals surface area contributed by atoms with E-state index in [9.17, 15) is 4.79 Å². The Bertz CT molecular complexity index is 1660. The van der Waals surface area contributed by atoms with Crippen molar-refractivity contribution in [1.82, 2.24) is 4.57 Å². The van der Waals surface area contributed by atoms with Crippen LogP contribution in [0.3, 0.4) is 0 Å². The van der Waals surface area contributed by atoms with Crippen LogP contribution in [0.25, 0.3) is 11.8 Å². The molecule has 3 nitrogen and oxygen atoms in total. The zero-order chi connectivity index (χ0) is 23.4. The molecule has 6 rings (SSSR count). The summed E-state index contributed by atoms with van der Waals surface area (Å²) in [6.45, 7) is 2.05. The zero-order valence-corrected chi connectivity index (χ0v) is 20.7. The summed E-state index contributed by atoms with van der Waals surface area (Å²) in [7, 11) is 0. The summed E-state index contributed by atoms with van der Waals surface area (Å²) in [4.78, 5) is 19.5. The number of halogens is 2. The van der Waals surface area contributed by atoms with Crippen LogP contribution in [-0.4, -0.2) is 4.57 Å². The van der Waals surface area contributed by atoms with Crippen molar-refractivity contribution in [2.45, 2.75) is 25.8 Å². The van der Waals surface area contributed by atoms with Gasteiger partial charge in [0.15, 0.2) is 4.80 Å². The van der Waals surface area contributed by atoms with Gasteiger partial charge in [-0.1, -0.05) is 94.7 Å². The fourth-order valence-electron chi connectivity index (χ4n) is 4.84. The van der Waals surface area contributed by atoms with Crippen molar-refractivity contribution in [2.24, 2.45) is 4.99 Å². The van der Waals surface area contributed by atoms with Gasteiger partial charge in [0.2, 0.25) is 0 Å². The lowest BCUT2D eigenvalue weighted by Crippen LogP contribution is -2.38. The molecule has 0 saturated carbocycles. The van der Waals surface area contributed by atoms with Crippen molar-refractivity contribution in [1.29, 1.82) is 0 Å². The smallest absolute Gasteiger partial charge is 0.271 e. The number of benzene rings is 3. The number of thiazole rings is 1. The van der Waals surface area contributed by atoms with E-state index in [0.717, 1.165) is 40.8 Å². The molecule has 1 aliphatic heterocycles. The third-order valence-electron chi connectivity index (χ3n) is 6.51. The fourth-order valence-corrected chi connectivity index (χ4v) is 6.35. The van der Waals surface area contributed by atoms with Crippen LogP contribution >= 0.6 is 34.5 Å². The zero-order valence-electron chi connectivity index (χ0n) is 18.4. The van der Waals surface area contributed by atoms with Gasteiger partial charge in [-0.15, -0.1) is 0 Å². The van der Waals surface area contributed by atoms with Crippen molar-refractivity contribution in [3.8, 4) is 0 Å². The van der Waals surface area contributed by atoms with Gasteiger partial charge in [-0.25, -0.2) is 4.99 Å². The maximum Gasteiger partial charge on any atom is 0.271 e. The number of rotatable bonds is 2. The third-order valence-corrected chi connectivity index (χ3v) is 8.05. The van der Waals surface area contributed by atoms with Crippen molar-refractivity contribution in [2.75, 3.05) is 0 Å². The van der Waals surface area contributed by atoms with Crippen molar-refractivity contribution in [3.63, 3.8) is 0 Å². The molecule has 2 heterocycles. The molecular weight excluding hydrogens is 483 g/mol. The van der Waals surface area contributed by atoms with Gasteiger partial charge >= 0.3 is 0 Å². The second-order valence-corrected chi connectivity index (χ2v) is 10.5. The van der Waals surface area contributed by atoms with E-state index >= 15 is 0 Å². The fraction of sp³-hybridized carbons (Fsp3) is 0.143. The van der Waals surface area contributed by atoms with E-state index in [1.165, 1.54) is 22.5 Å². The molecule has 3 aromatic carbocycles. The highest BCUT2D eigenvalue weighted by molar-refractivity contribution is 7.07. The first-order chi connectivity index (χ1) is 16.5. The standard InChI is InChI=1S/C28H20Cl2N2OS/c1-16-6-8-17(9-7-16)14-24-27(33)32-26(21-13-11-19(29)15-23(21)30)22-12-10-18-4-2-3-5-20(18)25(22)31-28(32)34-24/h2-9,11,13-15,26H,10,12H2,1H3. The van der Waals surface area contributed by atoms with Crippen LogP contribution in [0.5, 0.6) is 0 Å². The number of hydrogen-bond acceptors (Lipinski definition) is 3. The lowest BCUT2D eigenvalue weighted by atomic mass is 9.83. The molecule has 4 aromatic rings. The summed E-state index contributed by atoms with van der Waals surface area (Å²) in [5.41, 5.74) is 7.49. The van der Waals surface area contributed by atoms with E-state index in [0.29, 0.717) is 19.4 Å². The van der Waals surface area contributed by atoms with Crippen LogP contribution < -0.4 is 14.9 Å². The Kier molecular flexibility index (Phi) is 5.33. The van der Waals surface area contributed by atoms with Gasteiger partial charge in [0.1, 0.15) is 0 Å². The summed E-state index contributed by atoms with van der Waals surface area (Å²) < 4.78 is 2.47. The molecule has 1 aromatic heterocycles. The minimum atomic E-state index is -0.315. The largest absolute Gasteiger partial charge is 0.272 e. The monoisotopic (exact) mass is 502 g/mol. The topological polar surface area (TPSA) is 34.4 Å². The van der Waals surface area contributed by atoms with Crippen LogP contribution in [0.15, 0.2) is 82.1 Å². The minimum Gasteiger partial charge on any atom is -0.272 e. The summed E-state index contributed by atoms with van der Waals surface area (Å²) in [6.07, 6.45) is 3.67. The molecule has 6 heteroatoms. The first kappa shape index (κ1) is 21.6. The van der Waals surface area contributed by atoms with Crippen LogP contribution in [0, 0.1) is 6.92 Å². The van der Waals surface area contributed by atoms with Crippen molar-refractivity contribution < 1.29 is 0 Å². The molecule has 0 radical (unpaired) electrons. The van der Waals surface area contributed by atoms with Gasteiger partial charge in [0, 0.05) is 15.6 Å². The quantitative estimate of drug-likeness (QED) is 0.334. The normalized spacial score (nSPS) is 17.1. The van der Waals surface area contributed by atoms with Gasteiger partial charge in [0.25, 0.3) is 5.56 Å². The lowest BCUT2D eigenvalue weighted by Gasteiger charge is -2.31. The molecule has 1 aliphatic carbocycles. The maximum atomic E-state index is 13.8. The number of aromatic nitrogens is 1. The Morgan fingerprint density at radius 2 is 1.82 bits per heavy atom. The Balaban J connectivity index is 1.64. The second-order valence-electron chi connectivity index (χ2n) is 8.69. The summed E-state index contributed by atoms with van der Waals surface area (Å²) >= 11 is 14.3. The molecule has 1 atom stereocenters. The van der Waals surface area contributed by atoms with Crippen LogP contribution in [0.1, 0.15) is 40.3 Å². The Morgan fingerprint density at radius 3 is 2.62 bits per heavy atom. The number of fused-ring (bicyclic) bond motifs is 3. The van der Waals surface area contributed by atoms with E-state index in [1.807, 2.05) is 41.0 Å². The molecule has 168 valence electrons. The predicted molar refractivity (Wildman–Crippen MR) is 140 cm³/mol. The van der Waals surface area contributed by atoms with Gasteiger partial charge in [-0.05, 0) is 60.2 Å². The van der Waals surface area contributed by atoms with E-state index in [4.69, 9.17) is 28.2 Å². The first-order valence-electron chi connectivity index (χ1n) is 11.1. The average molecular weight is 503 g/mol. The summed E-state index contributed by atoms with van der Waals surface area (Å²) in [5, 5.41) is 1.13. The maximum absolute atomic E-state index is 13.8. The Morgan fingerprint density at radius 1 is 1.03 bits per heavy atom. The van der Waals surface area contributed by atoms with Gasteiger partial charge < -0.3 is 0 Å². The van der Waals surface area contributed by atoms with Crippen molar-refractivity contribution >= 4 is 46.3 Å². The Hall–Kier alpha value is -2.92. The number of hydrogen-bond donors (Lipinski definition) is 0.